The predicted octanol–water partition coefficient (Wildman–Crippen LogP) is 2.03. The van der Waals surface area contributed by atoms with Crippen LogP contribution in [0.5, 0.6) is 0 Å². The summed E-state index contributed by atoms with van der Waals surface area (Å²) in [5, 5.41) is 7.32. The van der Waals surface area contributed by atoms with Gasteiger partial charge in [-0.1, -0.05) is 12.1 Å². The van der Waals surface area contributed by atoms with E-state index in [0.717, 1.165) is 50.2 Å². The van der Waals surface area contributed by atoms with Crippen LogP contribution >= 0.6 is 0 Å². The zero-order valence-corrected chi connectivity index (χ0v) is 12.3. The van der Waals surface area contributed by atoms with Crippen molar-refractivity contribution in [2.75, 3.05) is 13.1 Å². The summed E-state index contributed by atoms with van der Waals surface area (Å²) in [5.74, 6) is 1.68. The van der Waals surface area contributed by atoms with E-state index in [1.165, 1.54) is 0 Å². The monoisotopic (exact) mass is 277 g/mol. The molecule has 3 rings (SSSR count). The standard InChI is InChI=1S/C15H23N3O2/c1-10-5-6-16-12(8-10)15(19)18-7-3-4-13(18)14-9-11(2)17-20-14/h9-10,12-13,16H,3-8H2,1-2H3. The Bertz CT molecular complexity index is 485. The number of rotatable bonds is 2. The molecule has 3 unspecified atom stereocenters. The molecule has 3 atom stereocenters. The molecule has 5 nitrogen and oxygen atoms in total. The molecule has 2 fully saturated rings. The third kappa shape index (κ3) is 2.59. The summed E-state index contributed by atoms with van der Waals surface area (Å²) in [7, 11) is 0. The lowest BCUT2D eigenvalue weighted by molar-refractivity contribution is -0.135. The highest BCUT2D eigenvalue weighted by Crippen LogP contribution is 2.33. The van der Waals surface area contributed by atoms with Crippen molar-refractivity contribution < 1.29 is 9.32 Å². The first-order valence-electron chi connectivity index (χ1n) is 7.62. The molecule has 20 heavy (non-hydrogen) atoms. The summed E-state index contributed by atoms with van der Waals surface area (Å²) < 4.78 is 5.37. The Morgan fingerprint density at radius 2 is 2.35 bits per heavy atom. The third-order valence-electron chi connectivity index (χ3n) is 4.47. The summed E-state index contributed by atoms with van der Waals surface area (Å²) in [4.78, 5) is 14.7. The molecule has 110 valence electrons. The number of amides is 1. The van der Waals surface area contributed by atoms with Gasteiger partial charge in [-0.25, -0.2) is 0 Å². The molecule has 3 heterocycles. The van der Waals surface area contributed by atoms with Gasteiger partial charge < -0.3 is 14.7 Å². The van der Waals surface area contributed by atoms with Crippen molar-refractivity contribution in [1.29, 1.82) is 0 Å². The number of carbonyl (C=O) groups is 1. The highest BCUT2D eigenvalue weighted by molar-refractivity contribution is 5.82. The van der Waals surface area contributed by atoms with Gasteiger partial charge in [-0.15, -0.1) is 0 Å². The Morgan fingerprint density at radius 3 is 3.05 bits per heavy atom. The van der Waals surface area contributed by atoms with Crippen LogP contribution < -0.4 is 5.32 Å². The molecule has 2 saturated heterocycles. The fourth-order valence-electron chi connectivity index (χ4n) is 3.36. The Balaban J connectivity index is 1.73. The van der Waals surface area contributed by atoms with Gasteiger partial charge in [0, 0.05) is 12.6 Å². The van der Waals surface area contributed by atoms with Gasteiger partial charge in [-0.05, 0) is 45.1 Å². The first-order chi connectivity index (χ1) is 9.65. The molecule has 0 bridgehead atoms. The van der Waals surface area contributed by atoms with E-state index in [2.05, 4.69) is 17.4 Å². The van der Waals surface area contributed by atoms with Gasteiger partial charge in [0.1, 0.15) is 0 Å². The Morgan fingerprint density at radius 1 is 1.50 bits per heavy atom. The van der Waals surface area contributed by atoms with E-state index >= 15 is 0 Å². The average molecular weight is 277 g/mol. The van der Waals surface area contributed by atoms with E-state index in [-0.39, 0.29) is 18.0 Å². The number of carbonyl (C=O) groups excluding carboxylic acids is 1. The van der Waals surface area contributed by atoms with Crippen molar-refractivity contribution in [2.45, 2.75) is 51.6 Å². The third-order valence-corrected chi connectivity index (χ3v) is 4.47. The summed E-state index contributed by atoms with van der Waals surface area (Å²) in [6, 6.07) is 2.00. The molecule has 0 spiro atoms. The van der Waals surface area contributed by atoms with E-state index in [9.17, 15) is 4.79 Å². The molecular formula is C15H23N3O2. The van der Waals surface area contributed by atoms with Gasteiger partial charge in [0.2, 0.25) is 5.91 Å². The molecule has 2 aliphatic rings. The minimum atomic E-state index is -0.0247. The molecule has 2 aliphatic heterocycles. The molecule has 0 saturated carbocycles. The van der Waals surface area contributed by atoms with Gasteiger partial charge >= 0.3 is 0 Å². The maximum Gasteiger partial charge on any atom is 0.240 e. The van der Waals surface area contributed by atoms with Crippen molar-refractivity contribution in [1.82, 2.24) is 15.4 Å². The molecule has 1 aromatic rings. The lowest BCUT2D eigenvalue weighted by atomic mass is 9.93. The number of aryl methyl sites for hydroxylation is 1. The second-order valence-electron chi connectivity index (χ2n) is 6.20. The number of hydrogen-bond donors (Lipinski definition) is 1. The molecule has 1 N–H and O–H groups in total. The van der Waals surface area contributed by atoms with Crippen LogP contribution in [0.1, 0.15) is 50.1 Å². The Kier molecular flexibility index (Phi) is 3.78. The molecule has 1 amide bonds. The molecule has 1 aromatic heterocycles. The summed E-state index contributed by atoms with van der Waals surface area (Å²) >= 11 is 0. The molecule has 0 aliphatic carbocycles. The quantitative estimate of drug-likeness (QED) is 0.898. The first-order valence-corrected chi connectivity index (χ1v) is 7.62. The average Bonchev–Trinajstić information content (AvgIpc) is 3.06. The van der Waals surface area contributed by atoms with Gasteiger partial charge in [0.25, 0.3) is 0 Å². The van der Waals surface area contributed by atoms with Crippen LogP contribution in [0.4, 0.5) is 0 Å². The van der Waals surface area contributed by atoms with E-state index in [0.29, 0.717) is 5.92 Å². The molecular weight excluding hydrogens is 254 g/mol. The van der Waals surface area contributed by atoms with Gasteiger partial charge in [0.15, 0.2) is 5.76 Å². The number of piperidine rings is 1. The maximum atomic E-state index is 12.7. The number of nitrogens with zero attached hydrogens (tertiary/aromatic N) is 2. The van der Waals surface area contributed by atoms with Crippen LogP contribution in [0, 0.1) is 12.8 Å². The van der Waals surface area contributed by atoms with Gasteiger partial charge in [-0.3, -0.25) is 4.79 Å². The van der Waals surface area contributed by atoms with Crippen LogP contribution in [0.2, 0.25) is 0 Å². The fraction of sp³-hybridized carbons (Fsp3) is 0.733. The number of nitrogens with one attached hydrogen (secondary N) is 1. The molecule has 5 heteroatoms. The molecule has 0 radical (unpaired) electrons. The zero-order chi connectivity index (χ0) is 14.1. The van der Waals surface area contributed by atoms with Gasteiger partial charge in [-0.2, -0.15) is 0 Å². The van der Waals surface area contributed by atoms with E-state index in [1.54, 1.807) is 0 Å². The van der Waals surface area contributed by atoms with Gasteiger partial charge in [0.05, 0.1) is 17.8 Å². The lowest BCUT2D eigenvalue weighted by Crippen LogP contribution is -2.49. The van der Waals surface area contributed by atoms with Crippen molar-refractivity contribution in [3.63, 3.8) is 0 Å². The highest BCUT2D eigenvalue weighted by Gasteiger charge is 2.37. The minimum absolute atomic E-state index is 0.0247. The number of hydrogen-bond acceptors (Lipinski definition) is 4. The van der Waals surface area contributed by atoms with Crippen LogP contribution in [-0.2, 0) is 4.79 Å². The van der Waals surface area contributed by atoms with Crippen LogP contribution in [-0.4, -0.2) is 35.1 Å². The Hall–Kier alpha value is -1.36. The fourth-order valence-corrected chi connectivity index (χ4v) is 3.36. The first kappa shape index (κ1) is 13.6. The number of likely N-dealkylation sites (tertiary alicyclic amines) is 1. The molecule has 0 aromatic carbocycles. The summed E-state index contributed by atoms with van der Waals surface area (Å²) in [6.07, 6.45) is 4.12. The van der Waals surface area contributed by atoms with Crippen molar-refractivity contribution in [3.05, 3.63) is 17.5 Å². The van der Waals surface area contributed by atoms with Crippen LogP contribution in [0.25, 0.3) is 0 Å². The van der Waals surface area contributed by atoms with Crippen LogP contribution in [0.15, 0.2) is 10.6 Å². The van der Waals surface area contributed by atoms with Crippen molar-refractivity contribution >= 4 is 5.91 Å². The van der Waals surface area contributed by atoms with Crippen LogP contribution in [0.3, 0.4) is 0 Å². The van der Waals surface area contributed by atoms with E-state index in [1.807, 2.05) is 17.9 Å². The predicted molar refractivity (Wildman–Crippen MR) is 75.1 cm³/mol. The zero-order valence-electron chi connectivity index (χ0n) is 12.3. The highest BCUT2D eigenvalue weighted by atomic mass is 16.5. The number of aromatic nitrogens is 1. The SMILES string of the molecule is Cc1cc(C2CCCN2C(=O)C2CC(C)CCN2)on1. The summed E-state index contributed by atoms with van der Waals surface area (Å²) in [6.45, 7) is 5.91. The second-order valence-corrected chi connectivity index (χ2v) is 6.20. The normalized spacial score (nSPS) is 30.7. The second kappa shape index (κ2) is 5.56. The smallest absolute Gasteiger partial charge is 0.240 e. The van der Waals surface area contributed by atoms with E-state index < -0.39 is 0 Å². The van der Waals surface area contributed by atoms with E-state index in [4.69, 9.17) is 4.52 Å². The van der Waals surface area contributed by atoms with Crippen molar-refractivity contribution in [3.8, 4) is 0 Å². The minimum Gasteiger partial charge on any atom is -0.359 e. The lowest BCUT2D eigenvalue weighted by Gasteiger charge is -2.32. The largest absolute Gasteiger partial charge is 0.359 e. The summed E-state index contributed by atoms with van der Waals surface area (Å²) in [5.41, 5.74) is 0.878. The van der Waals surface area contributed by atoms with Crippen molar-refractivity contribution in [2.24, 2.45) is 5.92 Å². The Labute approximate surface area is 119 Å². The maximum absolute atomic E-state index is 12.7. The topological polar surface area (TPSA) is 58.4 Å².